The molecule has 0 saturated heterocycles. The molecule has 2 rings (SSSR count). The number of hydrogen-bond acceptors (Lipinski definition) is 2. The minimum atomic E-state index is 0.304. The van der Waals surface area contributed by atoms with Gasteiger partial charge >= 0.3 is 0 Å². The molecule has 1 atom stereocenters. The second kappa shape index (κ2) is 4.62. The molecular formula is C11H15Cl2NS. The molecule has 1 heterocycles. The molecule has 15 heavy (non-hydrogen) atoms. The minimum absolute atomic E-state index is 0.304. The summed E-state index contributed by atoms with van der Waals surface area (Å²) >= 11 is 13.5. The van der Waals surface area contributed by atoms with E-state index >= 15 is 0 Å². The average Bonchev–Trinajstić information content (AvgIpc) is 2.42. The van der Waals surface area contributed by atoms with Gasteiger partial charge in [0.2, 0.25) is 0 Å². The summed E-state index contributed by atoms with van der Waals surface area (Å²) in [4.78, 5) is 0. The lowest BCUT2D eigenvalue weighted by molar-refractivity contribution is 0.226. The minimum Gasteiger partial charge on any atom is -0.307 e. The first kappa shape index (κ1) is 11.7. The Morgan fingerprint density at radius 1 is 1.47 bits per heavy atom. The SMILES string of the molecule is CC1CC(NC(C)c2cc(Cl)sc2Cl)C1. The fraction of sp³-hybridized carbons (Fsp3) is 0.636. The fourth-order valence-electron chi connectivity index (χ4n) is 2.13. The fourth-order valence-corrected chi connectivity index (χ4v) is 3.78. The molecule has 1 aromatic heterocycles. The van der Waals surface area contributed by atoms with Crippen LogP contribution in [0.4, 0.5) is 0 Å². The van der Waals surface area contributed by atoms with Crippen LogP contribution in [0.15, 0.2) is 6.07 Å². The highest BCUT2D eigenvalue weighted by atomic mass is 35.5. The normalized spacial score (nSPS) is 27.5. The summed E-state index contributed by atoms with van der Waals surface area (Å²) in [6, 6.07) is 2.93. The average molecular weight is 264 g/mol. The van der Waals surface area contributed by atoms with Gasteiger partial charge < -0.3 is 5.32 Å². The maximum Gasteiger partial charge on any atom is 0.0991 e. The number of hydrogen-bond donors (Lipinski definition) is 1. The summed E-state index contributed by atoms with van der Waals surface area (Å²) in [6.45, 7) is 4.44. The second-order valence-corrected chi connectivity index (χ2v) is 6.73. The maximum absolute atomic E-state index is 6.11. The summed E-state index contributed by atoms with van der Waals surface area (Å²) in [5.74, 6) is 0.872. The Balaban J connectivity index is 1.95. The third-order valence-corrected chi connectivity index (χ3v) is 4.53. The van der Waals surface area contributed by atoms with Gasteiger partial charge in [0.15, 0.2) is 0 Å². The first-order valence-corrected chi connectivity index (χ1v) is 6.84. The van der Waals surface area contributed by atoms with Gasteiger partial charge in [-0.2, -0.15) is 0 Å². The summed E-state index contributed by atoms with van der Waals surface area (Å²) < 4.78 is 1.58. The molecule has 0 radical (unpaired) electrons. The highest BCUT2D eigenvalue weighted by Crippen LogP contribution is 2.36. The van der Waals surface area contributed by atoms with Gasteiger partial charge in [-0.25, -0.2) is 0 Å². The van der Waals surface area contributed by atoms with Crippen LogP contribution in [0.2, 0.25) is 8.67 Å². The Labute approximate surface area is 105 Å². The van der Waals surface area contributed by atoms with Crippen molar-refractivity contribution in [1.82, 2.24) is 5.32 Å². The largest absolute Gasteiger partial charge is 0.307 e. The molecule has 84 valence electrons. The molecule has 4 heteroatoms. The van der Waals surface area contributed by atoms with Crippen LogP contribution in [-0.4, -0.2) is 6.04 Å². The van der Waals surface area contributed by atoms with Crippen LogP contribution in [0.3, 0.4) is 0 Å². The Morgan fingerprint density at radius 3 is 2.60 bits per heavy atom. The van der Waals surface area contributed by atoms with Crippen molar-refractivity contribution >= 4 is 34.5 Å². The number of rotatable bonds is 3. The molecule has 1 fully saturated rings. The molecule has 1 aliphatic rings. The van der Waals surface area contributed by atoms with Crippen LogP contribution < -0.4 is 5.32 Å². The Morgan fingerprint density at radius 2 is 2.13 bits per heavy atom. The number of thiophene rings is 1. The summed E-state index contributed by atoms with van der Waals surface area (Å²) in [7, 11) is 0. The highest BCUT2D eigenvalue weighted by Gasteiger charge is 2.27. The van der Waals surface area contributed by atoms with Gasteiger partial charge in [-0.05, 0) is 37.3 Å². The lowest BCUT2D eigenvalue weighted by atomic mass is 9.81. The van der Waals surface area contributed by atoms with E-state index in [2.05, 4.69) is 19.2 Å². The first-order valence-electron chi connectivity index (χ1n) is 5.27. The van der Waals surface area contributed by atoms with Crippen LogP contribution in [0, 0.1) is 5.92 Å². The van der Waals surface area contributed by atoms with E-state index in [1.807, 2.05) is 6.07 Å². The van der Waals surface area contributed by atoms with Crippen LogP contribution >= 0.6 is 34.5 Å². The van der Waals surface area contributed by atoms with E-state index in [-0.39, 0.29) is 0 Å². The molecule has 0 spiro atoms. The van der Waals surface area contributed by atoms with Crippen molar-refractivity contribution in [3.63, 3.8) is 0 Å². The monoisotopic (exact) mass is 263 g/mol. The van der Waals surface area contributed by atoms with Gasteiger partial charge in [0.25, 0.3) is 0 Å². The highest BCUT2D eigenvalue weighted by molar-refractivity contribution is 7.20. The van der Waals surface area contributed by atoms with E-state index in [0.717, 1.165) is 20.2 Å². The maximum atomic E-state index is 6.11. The van der Waals surface area contributed by atoms with Crippen LogP contribution in [0.1, 0.15) is 38.3 Å². The van der Waals surface area contributed by atoms with Crippen LogP contribution in [0.25, 0.3) is 0 Å². The molecule has 0 aromatic carbocycles. The predicted molar refractivity (Wildman–Crippen MR) is 68.1 cm³/mol. The van der Waals surface area contributed by atoms with E-state index in [9.17, 15) is 0 Å². The Kier molecular flexibility index (Phi) is 3.61. The molecule has 1 unspecified atom stereocenters. The molecule has 0 amide bonds. The third kappa shape index (κ3) is 2.68. The van der Waals surface area contributed by atoms with Crippen molar-refractivity contribution in [3.8, 4) is 0 Å². The lowest BCUT2D eigenvalue weighted by Crippen LogP contribution is -2.41. The quantitative estimate of drug-likeness (QED) is 0.847. The molecular weight excluding hydrogens is 249 g/mol. The summed E-state index contributed by atoms with van der Waals surface area (Å²) in [5.41, 5.74) is 1.13. The molecule has 0 aliphatic heterocycles. The van der Waals surface area contributed by atoms with Gasteiger partial charge in [0, 0.05) is 12.1 Å². The van der Waals surface area contributed by atoms with Gasteiger partial charge in [-0.1, -0.05) is 30.1 Å². The Hall–Kier alpha value is 0.240. The first-order chi connectivity index (χ1) is 7.06. The predicted octanol–water partition coefficient (Wildman–Crippen LogP) is 4.50. The van der Waals surface area contributed by atoms with Crippen molar-refractivity contribution in [1.29, 1.82) is 0 Å². The molecule has 1 aliphatic carbocycles. The van der Waals surface area contributed by atoms with Crippen LogP contribution in [-0.2, 0) is 0 Å². The topological polar surface area (TPSA) is 12.0 Å². The van der Waals surface area contributed by atoms with E-state index in [0.29, 0.717) is 12.1 Å². The smallest absolute Gasteiger partial charge is 0.0991 e. The molecule has 1 saturated carbocycles. The van der Waals surface area contributed by atoms with E-state index < -0.39 is 0 Å². The molecule has 1 N–H and O–H groups in total. The van der Waals surface area contributed by atoms with Crippen molar-refractivity contribution in [2.75, 3.05) is 0 Å². The molecule has 1 aromatic rings. The van der Waals surface area contributed by atoms with Crippen molar-refractivity contribution in [2.45, 2.75) is 38.8 Å². The summed E-state index contributed by atoms with van der Waals surface area (Å²) in [5, 5.41) is 3.58. The van der Waals surface area contributed by atoms with Gasteiger partial charge in [0.05, 0.1) is 8.67 Å². The van der Waals surface area contributed by atoms with Gasteiger partial charge in [-0.3, -0.25) is 0 Å². The zero-order chi connectivity index (χ0) is 11.0. The molecule has 0 bridgehead atoms. The summed E-state index contributed by atoms with van der Waals surface area (Å²) in [6.07, 6.45) is 2.56. The van der Waals surface area contributed by atoms with E-state index in [4.69, 9.17) is 23.2 Å². The zero-order valence-corrected chi connectivity index (χ0v) is 11.2. The molecule has 1 nitrogen and oxygen atoms in total. The number of halogens is 2. The van der Waals surface area contributed by atoms with Gasteiger partial charge in [0.1, 0.15) is 0 Å². The second-order valence-electron chi connectivity index (χ2n) is 4.44. The van der Waals surface area contributed by atoms with Crippen molar-refractivity contribution < 1.29 is 0 Å². The third-order valence-electron chi connectivity index (χ3n) is 3.01. The standard InChI is InChI=1S/C11H15Cl2NS/c1-6-3-8(4-6)14-7(2)9-5-10(12)15-11(9)13/h5-8,14H,3-4H2,1-2H3. The lowest BCUT2D eigenvalue weighted by Gasteiger charge is -2.35. The van der Waals surface area contributed by atoms with E-state index in [1.54, 1.807) is 0 Å². The van der Waals surface area contributed by atoms with E-state index in [1.165, 1.54) is 24.2 Å². The number of nitrogens with one attached hydrogen (secondary N) is 1. The van der Waals surface area contributed by atoms with Crippen molar-refractivity contribution in [3.05, 3.63) is 20.3 Å². The van der Waals surface area contributed by atoms with Gasteiger partial charge in [-0.15, -0.1) is 11.3 Å². The Bertz CT molecular complexity index is 344. The van der Waals surface area contributed by atoms with Crippen molar-refractivity contribution in [2.24, 2.45) is 5.92 Å². The van der Waals surface area contributed by atoms with Crippen LogP contribution in [0.5, 0.6) is 0 Å². The zero-order valence-electron chi connectivity index (χ0n) is 8.89.